The maximum Gasteiger partial charge on any atom is 0.123 e. The SMILES string of the molecule is Cc1cnc(C(N)c2ccc(F)cc2)s1. The van der Waals surface area contributed by atoms with Gasteiger partial charge in [0.2, 0.25) is 0 Å². The van der Waals surface area contributed by atoms with E-state index in [4.69, 9.17) is 5.73 Å². The van der Waals surface area contributed by atoms with Crippen molar-refractivity contribution in [1.82, 2.24) is 4.98 Å². The number of aryl methyl sites for hydroxylation is 1. The zero-order valence-electron chi connectivity index (χ0n) is 8.27. The van der Waals surface area contributed by atoms with Gasteiger partial charge in [-0.05, 0) is 24.6 Å². The molecule has 1 aromatic heterocycles. The van der Waals surface area contributed by atoms with Crippen LogP contribution in [0.4, 0.5) is 4.39 Å². The molecule has 15 heavy (non-hydrogen) atoms. The highest BCUT2D eigenvalue weighted by Gasteiger charge is 2.12. The average Bonchev–Trinajstić information content (AvgIpc) is 2.65. The topological polar surface area (TPSA) is 38.9 Å². The van der Waals surface area contributed by atoms with Gasteiger partial charge in [-0.2, -0.15) is 0 Å². The Balaban J connectivity index is 2.28. The summed E-state index contributed by atoms with van der Waals surface area (Å²) in [5.41, 5.74) is 6.89. The van der Waals surface area contributed by atoms with Crippen molar-refractivity contribution in [3.05, 3.63) is 51.7 Å². The van der Waals surface area contributed by atoms with E-state index in [-0.39, 0.29) is 11.9 Å². The van der Waals surface area contributed by atoms with Gasteiger partial charge in [-0.3, -0.25) is 0 Å². The van der Waals surface area contributed by atoms with E-state index in [1.54, 1.807) is 29.7 Å². The third-order valence-electron chi connectivity index (χ3n) is 2.13. The molecule has 0 aliphatic carbocycles. The molecule has 0 spiro atoms. The Kier molecular flexibility index (Phi) is 2.79. The van der Waals surface area contributed by atoms with Gasteiger partial charge in [-0.25, -0.2) is 9.37 Å². The van der Waals surface area contributed by atoms with Crippen LogP contribution in [0.2, 0.25) is 0 Å². The average molecular weight is 222 g/mol. The number of hydrogen-bond donors (Lipinski definition) is 1. The first-order valence-electron chi connectivity index (χ1n) is 4.60. The fourth-order valence-electron chi connectivity index (χ4n) is 1.33. The molecule has 0 aliphatic rings. The summed E-state index contributed by atoms with van der Waals surface area (Å²) in [5, 5.41) is 0.860. The summed E-state index contributed by atoms with van der Waals surface area (Å²) in [6, 6.07) is 5.95. The lowest BCUT2D eigenvalue weighted by atomic mass is 10.1. The van der Waals surface area contributed by atoms with Crippen LogP contribution in [0, 0.1) is 12.7 Å². The van der Waals surface area contributed by atoms with Gasteiger partial charge in [0.05, 0.1) is 6.04 Å². The van der Waals surface area contributed by atoms with E-state index in [9.17, 15) is 4.39 Å². The summed E-state index contributed by atoms with van der Waals surface area (Å²) in [7, 11) is 0. The Morgan fingerprint density at radius 3 is 2.53 bits per heavy atom. The quantitative estimate of drug-likeness (QED) is 0.848. The number of nitrogens with two attached hydrogens (primary N) is 1. The van der Waals surface area contributed by atoms with E-state index in [1.165, 1.54) is 12.1 Å². The fraction of sp³-hybridized carbons (Fsp3) is 0.182. The number of rotatable bonds is 2. The van der Waals surface area contributed by atoms with Gasteiger partial charge < -0.3 is 5.73 Å². The zero-order valence-corrected chi connectivity index (χ0v) is 9.09. The molecule has 78 valence electrons. The minimum absolute atomic E-state index is 0.249. The second kappa shape index (κ2) is 4.08. The summed E-state index contributed by atoms with van der Waals surface area (Å²) < 4.78 is 12.7. The molecule has 0 amide bonds. The van der Waals surface area contributed by atoms with Crippen molar-refractivity contribution in [3.8, 4) is 0 Å². The molecule has 0 radical (unpaired) electrons. The molecular formula is C11H11FN2S. The van der Waals surface area contributed by atoms with Crippen LogP contribution in [0.25, 0.3) is 0 Å². The Morgan fingerprint density at radius 2 is 2.00 bits per heavy atom. The van der Waals surface area contributed by atoms with Gasteiger partial charge in [0.1, 0.15) is 10.8 Å². The number of thiazole rings is 1. The molecule has 1 atom stereocenters. The zero-order chi connectivity index (χ0) is 10.8. The summed E-state index contributed by atoms with van der Waals surface area (Å²) in [6.07, 6.45) is 1.80. The monoisotopic (exact) mass is 222 g/mol. The Morgan fingerprint density at radius 1 is 1.33 bits per heavy atom. The molecule has 0 saturated heterocycles. The minimum Gasteiger partial charge on any atom is -0.318 e. The second-order valence-corrected chi connectivity index (χ2v) is 4.60. The normalized spacial score (nSPS) is 12.7. The van der Waals surface area contributed by atoms with Crippen LogP contribution >= 0.6 is 11.3 Å². The Hall–Kier alpha value is -1.26. The van der Waals surface area contributed by atoms with Crippen LogP contribution in [0.1, 0.15) is 21.5 Å². The third-order valence-corrected chi connectivity index (χ3v) is 3.13. The van der Waals surface area contributed by atoms with Crippen molar-refractivity contribution in [3.63, 3.8) is 0 Å². The van der Waals surface area contributed by atoms with Gasteiger partial charge >= 0.3 is 0 Å². The molecular weight excluding hydrogens is 211 g/mol. The fourth-order valence-corrected chi connectivity index (χ4v) is 2.13. The van der Waals surface area contributed by atoms with Gasteiger partial charge in [0.15, 0.2) is 0 Å². The van der Waals surface area contributed by atoms with Crippen molar-refractivity contribution >= 4 is 11.3 Å². The first-order chi connectivity index (χ1) is 7.16. The molecule has 1 aromatic carbocycles. The summed E-state index contributed by atoms with van der Waals surface area (Å²) in [4.78, 5) is 5.34. The molecule has 4 heteroatoms. The van der Waals surface area contributed by atoms with Crippen molar-refractivity contribution in [2.75, 3.05) is 0 Å². The van der Waals surface area contributed by atoms with Crippen molar-refractivity contribution in [2.45, 2.75) is 13.0 Å². The van der Waals surface area contributed by atoms with Gasteiger partial charge in [0.25, 0.3) is 0 Å². The number of aromatic nitrogens is 1. The molecule has 2 aromatic rings. The molecule has 0 aliphatic heterocycles. The molecule has 0 bridgehead atoms. The number of nitrogens with zero attached hydrogens (tertiary/aromatic N) is 1. The second-order valence-electron chi connectivity index (χ2n) is 3.34. The third kappa shape index (κ3) is 2.22. The smallest absolute Gasteiger partial charge is 0.123 e. The predicted octanol–water partition coefficient (Wildman–Crippen LogP) is 2.64. The summed E-state index contributed by atoms with van der Waals surface area (Å²) >= 11 is 1.57. The number of benzene rings is 1. The van der Waals surface area contributed by atoms with Crippen LogP contribution < -0.4 is 5.73 Å². The molecule has 1 heterocycles. The highest BCUT2D eigenvalue weighted by atomic mass is 32.1. The molecule has 0 fully saturated rings. The standard InChI is InChI=1S/C11H11FN2S/c1-7-6-14-11(15-7)10(13)8-2-4-9(12)5-3-8/h2-6,10H,13H2,1H3. The molecule has 2 N–H and O–H groups in total. The van der Waals surface area contributed by atoms with Gasteiger partial charge in [-0.15, -0.1) is 11.3 Å². The van der Waals surface area contributed by atoms with E-state index >= 15 is 0 Å². The van der Waals surface area contributed by atoms with E-state index in [0.29, 0.717) is 0 Å². The van der Waals surface area contributed by atoms with E-state index in [0.717, 1.165) is 15.4 Å². The van der Waals surface area contributed by atoms with Gasteiger partial charge in [0, 0.05) is 11.1 Å². The molecule has 1 unspecified atom stereocenters. The number of hydrogen-bond acceptors (Lipinski definition) is 3. The van der Waals surface area contributed by atoms with Crippen molar-refractivity contribution in [2.24, 2.45) is 5.73 Å². The lowest BCUT2D eigenvalue weighted by Crippen LogP contribution is -2.11. The lowest BCUT2D eigenvalue weighted by Gasteiger charge is -2.08. The Labute approximate surface area is 91.6 Å². The van der Waals surface area contributed by atoms with Crippen LogP contribution in [-0.2, 0) is 0 Å². The molecule has 2 rings (SSSR count). The maximum absolute atomic E-state index is 12.7. The van der Waals surface area contributed by atoms with E-state index in [2.05, 4.69) is 4.98 Å². The van der Waals surface area contributed by atoms with Crippen molar-refractivity contribution < 1.29 is 4.39 Å². The van der Waals surface area contributed by atoms with Gasteiger partial charge in [-0.1, -0.05) is 12.1 Å². The molecule has 2 nitrogen and oxygen atoms in total. The van der Waals surface area contributed by atoms with Crippen LogP contribution in [0.5, 0.6) is 0 Å². The Bertz CT molecular complexity index is 450. The summed E-state index contributed by atoms with van der Waals surface area (Å²) in [5.74, 6) is -0.249. The van der Waals surface area contributed by atoms with E-state index < -0.39 is 0 Å². The lowest BCUT2D eigenvalue weighted by molar-refractivity contribution is 0.626. The largest absolute Gasteiger partial charge is 0.318 e. The molecule has 0 saturated carbocycles. The van der Waals surface area contributed by atoms with Crippen LogP contribution in [0.15, 0.2) is 30.5 Å². The first kappa shape index (κ1) is 10.3. The number of halogens is 1. The minimum atomic E-state index is -0.260. The highest BCUT2D eigenvalue weighted by molar-refractivity contribution is 7.11. The predicted molar refractivity (Wildman–Crippen MR) is 59.3 cm³/mol. The van der Waals surface area contributed by atoms with Crippen LogP contribution in [0.3, 0.4) is 0 Å². The van der Waals surface area contributed by atoms with Crippen molar-refractivity contribution in [1.29, 1.82) is 0 Å². The highest BCUT2D eigenvalue weighted by Crippen LogP contribution is 2.23. The first-order valence-corrected chi connectivity index (χ1v) is 5.42. The summed E-state index contributed by atoms with van der Waals surface area (Å²) in [6.45, 7) is 1.98. The maximum atomic E-state index is 12.7. The van der Waals surface area contributed by atoms with Crippen LogP contribution in [-0.4, -0.2) is 4.98 Å². The van der Waals surface area contributed by atoms with E-state index in [1.807, 2.05) is 6.92 Å².